The zero-order chi connectivity index (χ0) is 21.5. The first-order valence-electron chi connectivity index (χ1n) is 8.37. The molecule has 0 aliphatic rings. The summed E-state index contributed by atoms with van der Waals surface area (Å²) < 4.78 is 18.0. The minimum atomic E-state index is -0.607. The average molecular weight is 601 g/mol. The van der Waals surface area contributed by atoms with Gasteiger partial charge in [0.05, 0.1) is 21.4 Å². The van der Waals surface area contributed by atoms with E-state index in [-0.39, 0.29) is 12.4 Å². The van der Waals surface area contributed by atoms with Crippen LogP contribution in [0.5, 0.6) is 11.5 Å². The number of hydrazone groups is 1. The molecule has 0 bridgehead atoms. The highest BCUT2D eigenvalue weighted by molar-refractivity contribution is 9.11. The highest BCUT2D eigenvalue weighted by Gasteiger charge is 2.12. The van der Waals surface area contributed by atoms with E-state index in [1.165, 1.54) is 18.5 Å². The second-order valence-corrected chi connectivity index (χ2v) is 8.34. The van der Waals surface area contributed by atoms with Gasteiger partial charge in [0, 0.05) is 4.47 Å². The van der Waals surface area contributed by atoms with Crippen molar-refractivity contribution in [3.63, 3.8) is 0 Å². The number of hydrogen-bond donors (Lipinski definition) is 1. The molecule has 3 aromatic rings. The number of ether oxygens (including phenoxy) is 2. The Morgan fingerprint density at radius 3 is 2.53 bits per heavy atom. The number of esters is 1. The predicted octanol–water partition coefficient (Wildman–Crippen LogP) is 5.32. The first kappa shape index (κ1) is 22.3. The van der Waals surface area contributed by atoms with Gasteiger partial charge < -0.3 is 13.9 Å². The summed E-state index contributed by atoms with van der Waals surface area (Å²) in [5, 5.41) is 3.89. The molecule has 0 radical (unpaired) electrons. The Labute approximate surface area is 196 Å². The largest absolute Gasteiger partial charge is 0.481 e. The molecule has 7 nitrogen and oxygen atoms in total. The van der Waals surface area contributed by atoms with E-state index in [1.807, 2.05) is 12.1 Å². The van der Waals surface area contributed by atoms with Crippen LogP contribution in [0, 0.1) is 0 Å². The standard InChI is InChI=1S/C20H13Br3N2O5/c21-13-8-15(22)19(16(23)9-13)29-11-18(26)25-24-10-12-3-1-4-14(7-12)30-20(27)17-5-2-6-28-17/h1-10H,11H2,(H,25,26)/b24-10+. The summed E-state index contributed by atoms with van der Waals surface area (Å²) in [6.45, 7) is -0.225. The van der Waals surface area contributed by atoms with Crippen LogP contribution in [0.3, 0.4) is 0 Å². The third-order valence-corrected chi connectivity index (χ3v) is 5.14. The summed E-state index contributed by atoms with van der Waals surface area (Å²) in [5.41, 5.74) is 3.00. The molecule has 1 amide bonds. The second kappa shape index (κ2) is 10.6. The fourth-order valence-corrected chi connectivity index (χ4v) is 4.71. The Balaban J connectivity index is 1.52. The number of halogens is 3. The maximum atomic E-state index is 12.0. The topological polar surface area (TPSA) is 90.1 Å². The fourth-order valence-electron chi connectivity index (χ4n) is 2.23. The molecule has 0 saturated heterocycles. The molecule has 154 valence electrons. The normalized spacial score (nSPS) is 10.8. The molecular formula is C20H13Br3N2O5. The molecule has 1 heterocycles. The van der Waals surface area contributed by atoms with E-state index in [4.69, 9.17) is 13.9 Å². The lowest BCUT2D eigenvalue weighted by Crippen LogP contribution is -2.24. The van der Waals surface area contributed by atoms with Gasteiger partial charge in [-0.1, -0.05) is 28.1 Å². The average Bonchev–Trinajstić information content (AvgIpc) is 3.22. The molecule has 0 saturated carbocycles. The molecule has 0 fully saturated rings. The highest BCUT2D eigenvalue weighted by Crippen LogP contribution is 2.36. The van der Waals surface area contributed by atoms with E-state index >= 15 is 0 Å². The molecule has 3 rings (SSSR count). The number of nitrogens with zero attached hydrogens (tertiary/aromatic N) is 1. The number of carbonyl (C=O) groups excluding carboxylic acids is 2. The molecule has 0 aliphatic heterocycles. The zero-order valence-electron chi connectivity index (χ0n) is 15.1. The predicted molar refractivity (Wildman–Crippen MR) is 121 cm³/mol. The Morgan fingerprint density at radius 1 is 1.07 bits per heavy atom. The fraction of sp³-hybridized carbons (Fsp3) is 0.0500. The second-order valence-electron chi connectivity index (χ2n) is 5.72. The van der Waals surface area contributed by atoms with Gasteiger partial charge in [-0.15, -0.1) is 0 Å². The maximum Gasteiger partial charge on any atom is 0.379 e. The molecule has 0 aliphatic carbocycles. The van der Waals surface area contributed by atoms with E-state index in [2.05, 4.69) is 58.3 Å². The number of nitrogens with one attached hydrogen (secondary N) is 1. The third-order valence-electron chi connectivity index (χ3n) is 3.50. The van der Waals surface area contributed by atoms with Crippen molar-refractivity contribution in [2.45, 2.75) is 0 Å². The monoisotopic (exact) mass is 598 g/mol. The quantitative estimate of drug-likeness (QED) is 0.172. The zero-order valence-corrected chi connectivity index (χ0v) is 19.9. The number of benzene rings is 2. The van der Waals surface area contributed by atoms with Gasteiger partial charge in [0.25, 0.3) is 5.91 Å². The smallest absolute Gasteiger partial charge is 0.379 e. The van der Waals surface area contributed by atoms with Gasteiger partial charge in [0.2, 0.25) is 5.76 Å². The van der Waals surface area contributed by atoms with Crippen LogP contribution < -0.4 is 14.9 Å². The molecule has 30 heavy (non-hydrogen) atoms. The Kier molecular flexibility index (Phi) is 7.83. The molecule has 0 spiro atoms. The van der Waals surface area contributed by atoms with Crippen molar-refractivity contribution in [2.24, 2.45) is 5.10 Å². The van der Waals surface area contributed by atoms with Crippen LogP contribution in [-0.4, -0.2) is 24.7 Å². The molecule has 2 aromatic carbocycles. The van der Waals surface area contributed by atoms with Crippen molar-refractivity contribution in [3.05, 3.63) is 79.5 Å². The molecule has 10 heteroatoms. The molecular weight excluding hydrogens is 588 g/mol. The Morgan fingerprint density at radius 2 is 1.83 bits per heavy atom. The lowest BCUT2D eigenvalue weighted by atomic mass is 10.2. The minimum absolute atomic E-state index is 0.102. The summed E-state index contributed by atoms with van der Waals surface area (Å²) >= 11 is 10.1. The van der Waals surface area contributed by atoms with Gasteiger partial charge in [-0.3, -0.25) is 4.79 Å². The minimum Gasteiger partial charge on any atom is -0.481 e. The van der Waals surface area contributed by atoms with Crippen LogP contribution in [0.25, 0.3) is 0 Å². The number of amides is 1. The molecule has 1 N–H and O–H groups in total. The third kappa shape index (κ3) is 6.28. The lowest BCUT2D eigenvalue weighted by molar-refractivity contribution is -0.123. The van der Waals surface area contributed by atoms with E-state index in [9.17, 15) is 9.59 Å². The SMILES string of the molecule is O=C(COc1c(Br)cc(Br)cc1Br)N/N=C/c1cccc(OC(=O)c2ccco2)c1. The highest BCUT2D eigenvalue weighted by atomic mass is 79.9. The van der Waals surface area contributed by atoms with Crippen molar-refractivity contribution in [2.75, 3.05) is 6.61 Å². The first-order chi connectivity index (χ1) is 14.4. The summed E-state index contributed by atoms with van der Waals surface area (Å²) in [4.78, 5) is 23.9. The van der Waals surface area contributed by atoms with Crippen LogP contribution >= 0.6 is 47.8 Å². The van der Waals surface area contributed by atoms with Gasteiger partial charge in [-0.05, 0) is 73.8 Å². The number of rotatable bonds is 7. The lowest BCUT2D eigenvalue weighted by Gasteiger charge is -2.09. The summed E-state index contributed by atoms with van der Waals surface area (Å²) in [6, 6.07) is 13.4. The number of carbonyl (C=O) groups is 2. The summed E-state index contributed by atoms with van der Waals surface area (Å²) in [6.07, 6.45) is 2.81. The first-order valence-corrected chi connectivity index (χ1v) is 10.8. The van der Waals surface area contributed by atoms with Gasteiger partial charge in [-0.2, -0.15) is 5.10 Å². The maximum absolute atomic E-state index is 12.0. The van der Waals surface area contributed by atoms with Gasteiger partial charge in [0.1, 0.15) is 11.5 Å². The van der Waals surface area contributed by atoms with Crippen LogP contribution in [-0.2, 0) is 4.79 Å². The van der Waals surface area contributed by atoms with E-state index < -0.39 is 11.9 Å². The number of hydrogen-bond acceptors (Lipinski definition) is 6. The van der Waals surface area contributed by atoms with Crippen molar-refractivity contribution in [1.29, 1.82) is 0 Å². The van der Waals surface area contributed by atoms with Crippen LogP contribution in [0.4, 0.5) is 0 Å². The van der Waals surface area contributed by atoms with Crippen molar-refractivity contribution in [3.8, 4) is 11.5 Å². The number of furan rings is 1. The van der Waals surface area contributed by atoms with Crippen LogP contribution in [0.2, 0.25) is 0 Å². The van der Waals surface area contributed by atoms with Gasteiger partial charge >= 0.3 is 5.97 Å². The molecule has 1 aromatic heterocycles. The summed E-state index contributed by atoms with van der Waals surface area (Å²) in [7, 11) is 0. The van der Waals surface area contributed by atoms with Crippen molar-refractivity contribution >= 4 is 65.9 Å². The van der Waals surface area contributed by atoms with Crippen molar-refractivity contribution < 1.29 is 23.5 Å². The van der Waals surface area contributed by atoms with Crippen molar-refractivity contribution in [1.82, 2.24) is 5.43 Å². The summed E-state index contributed by atoms with van der Waals surface area (Å²) in [5.74, 6) is -0.119. The van der Waals surface area contributed by atoms with E-state index in [0.717, 1.165) is 4.47 Å². The van der Waals surface area contributed by atoms with E-state index in [0.29, 0.717) is 26.0 Å². The molecule has 0 atom stereocenters. The van der Waals surface area contributed by atoms with Crippen LogP contribution in [0.1, 0.15) is 16.1 Å². The Bertz CT molecular complexity index is 1060. The van der Waals surface area contributed by atoms with Gasteiger partial charge in [-0.25, -0.2) is 10.2 Å². The Hall–Kier alpha value is -2.43. The van der Waals surface area contributed by atoms with Gasteiger partial charge in [0.15, 0.2) is 6.61 Å². The van der Waals surface area contributed by atoms with Crippen LogP contribution in [0.15, 0.2) is 77.7 Å². The van der Waals surface area contributed by atoms with E-state index in [1.54, 1.807) is 30.3 Å². The molecule has 0 unspecified atom stereocenters.